The van der Waals surface area contributed by atoms with Crippen molar-refractivity contribution < 1.29 is 9.47 Å². The Morgan fingerprint density at radius 1 is 1.18 bits per heavy atom. The van der Waals surface area contributed by atoms with Crippen LogP contribution in [0, 0.1) is 0 Å². The average molecular weight is 236 g/mol. The van der Waals surface area contributed by atoms with E-state index < -0.39 is 0 Å². The molecule has 1 aliphatic rings. The van der Waals surface area contributed by atoms with E-state index in [0.29, 0.717) is 6.54 Å². The molecule has 1 aromatic carbocycles. The molecule has 0 saturated carbocycles. The maximum Gasteiger partial charge on any atom is 0.102 e. The molecule has 17 heavy (non-hydrogen) atoms. The minimum absolute atomic E-state index is 0.130. The van der Waals surface area contributed by atoms with Crippen molar-refractivity contribution >= 4 is 5.69 Å². The first kappa shape index (κ1) is 12.4. The summed E-state index contributed by atoms with van der Waals surface area (Å²) in [6, 6.07) is 8.23. The number of benzene rings is 1. The number of anilines is 1. The number of nitrogens with two attached hydrogens (primary N) is 1. The highest BCUT2D eigenvalue weighted by molar-refractivity contribution is 5.54. The molecular weight excluding hydrogens is 216 g/mol. The normalized spacial score (nSPS) is 24.3. The van der Waals surface area contributed by atoms with Gasteiger partial charge in [0.1, 0.15) is 12.2 Å². The van der Waals surface area contributed by atoms with Gasteiger partial charge in [0.05, 0.1) is 0 Å². The zero-order valence-electron chi connectivity index (χ0n) is 10.4. The Balaban J connectivity index is 2.18. The molecule has 2 atom stereocenters. The van der Waals surface area contributed by atoms with Crippen LogP contribution in [-0.4, -0.2) is 39.5 Å². The smallest absolute Gasteiger partial charge is 0.102 e. The fourth-order valence-corrected chi connectivity index (χ4v) is 2.39. The monoisotopic (exact) mass is 236 g/mol. The molecule has 2 rings (SSSR count). The third-order valence-electron chi connectivity index (χ3n) is 3.37. The minimum Gasteiger partial charge on any atom is -0.377 e. The molecule has 4 heteroatoms. The molecule has 0 spiro atoms. The van der Waals surface area contributed by atoms with Crippen molar-refractivity contribution in [1.29, 1.82) is 0 Å². The Labute approximate surface area is 102 Å². The second-order valence-corrected chi connectivity index (χ2v) is 4.29. The van der Waals surface area contributed by atoms with Gasteiger partial charge in [-0.15, -0.1) is 0 Å². The Morgan fingerprint density at radius 2 is 1.76 bits per heavy atom. The van der Waals surface area contributed by atoms with Gasteiger partial charge >= 0.3 is 0 Å². The Morgan fingerprint density at radius 3 is 2.29 bits per heavy atom. The number of rotatable bonds is 4. The predicted octanol–water partition coefficient (Wildman–Crippen LogP) is 0.995. The van der Waals surface area contributed by atoms with E-state index in [1.165, 1.54) is 11.3 Å². The Kier molecular flexibility index (Phi) is 3.99. The van der Waals surface area contributed by atoms with Crippen LogP contribution in [-0.2, 0) is 16.0 Å². The van der Waals surface area contributed by atoms with Gasteiger partial charge in [-0.25, -0.2) is 0 Å². The highest BCUT2D eigenvalue weighted by Gasteiger charge is 2.33. The highest BCUT2D eigenvalue weighted by Crippen LogP contribution is 2.26. The summed E-state index contributed by atoms with van der Waals surface area (Å²) in [6.45, 7) is 2.26. The molecule has 0 aliphatic carbocycles. The van der Waals surface area contributed by atoms with Crippen molar-refractivity contribution in [2.24, 2.45) is 5.73 Å². The molecule has 0 bridgehead atoms. The lowest BCUT2D eigenvalue weighted by molar-refractivity contribution is -0.00461. The second-order valence-electron chi connectivity index (χ2n) is 4.29. The van der Waals surface area contributed by atoms with Crippen LogP contribution in [0.3, 0.4) is 0 Å². The molecule has 1 aliphatic heterocycles. The number of hydrogen-bond acceptors (Lipinski definition) is 4. The largest absolute Gasteiger partial charge is 0.377 e. The SMILES string of the molecule is COC1CN(c2ccccc2CN)CC1OC. The maximum atomic E-state index is 5.76. The van der Waals surface area contributed by atoms with E-state index in [2.05, 4.69) is 17.0 Å². The van der Waals surface area contributed by atoms with E-state index in [1.54, 1.807) is 14.2 Å². The van der Waals surface area contributed by atoms with E-state index in [-0.39, 0.29) is 12.2 Å². The summed E-state index contributed by atoms with van der Waals surface area (Å²) in [5, 5.41) is 0. The average Bonchev–Trinajstić information content (AvgIpc) is 2.81. The molecule has 2 N–H and O–H groups in total. The van der Waals surface area contributed by atoms with Gasteiger partial charge in [0.2, 0.25) is 0 Å². The summed E-state index contributed by atoms with van der Waals surface area (Å²) in [5.41, 5.74) is 8.12. The van der Waals surface area contributed by atoms with Gasteiger partial charge in [-0.2, -0.15) is 0 Å². The van der Waals surface area contributed by atoms with Crippen LogP contribution in [0.5, 0.6) is 0 Å². The molecule has 1 fully saturated rings. The summed E-state index contributed by atoms with van der Waals surface area (Å²) in [6.07, 6.45) is 0.261. The lowest BCUT2D eigenvalue weighted by Crippen LogP contribution is -2.27. The number of methoxy groups -OCH3 is 2. The van der Waals surface area contributed by atoms with Crippen molar-refractivity contribution in [3.63, 3.8) is 0 Å². The van der Waals surface area contributed by atoms with Crippen molar-refractivity contribution in [1.82, 2.24) is 0 Å². The molecule has 0 amide bonds. The lowest BCUT2D eigenvalue weighted by Gasteiger charge is -2.21. The Hall–Kier alpha value is -1.10. The fraction of sp³-hybridized carbons (Fsp3) is 0.538. The third kappa shape index (κ3) is 2.44. The topological polar surface area (TPSA) is 47.7 Å². The van der Waals surface area contributed by atoms with Crippen LogP contribution in [0.15, 0.2) is 24.3 Å². The summed E-state index contributed by atoms with van der Waals surface area (Å²) >= 11 is 0. The van der Waals surface area contributed by atoms with Gasteiger partial charge in [-0.1, -0.05) is 18.2 Å². The minimum atomic E-state index is 0.130. The van der Waals surface area contributed by atoms with Crippen molar-refractivity contribution in [3.8, 4) is 0 Å². The van der Waals surface area contributed by atoms with Crippen molar-refractivity contribution in [3.05, 3.63) is 29.8 Å². The van der Waals surface area contributed by atoms with Crippen LogP contribution in [0.25, 0.3) is 0 Å². The summed E-state index contributed by atoms with van der Waals surface area (Å²) < 4.78 is 10.9. The number of nitrogens with zero attached hydrogens (tertiary/aromatic N) is 1. The fourth-order valence-electron chi connectivity index (χ4n) is 2.39. The first-order valence-electron chi connectivity index (χ1n) is 5.88. The van der Waals surface area contributed by atoms with Crippen LogP contribution < -0.4 is 10.6 Å². The van der Waals surface area contributed by atoms with Gasteiger partial charge < -0.3 is 20.1 Å². The molecule has 2 unspecified atom stereocenters. The molecular formula is C13H20N2O2. The van der Waals surface area contributed by atoms with Gasteiger partial charge in [0.25, 0.3) is 0 Å². The summed E-state index contributed by atoms with van der Waals surface area (Å²) in [4.78, 5) is 2.28. The Bertz CT molecular complexity index is 358. The first-order valence-corrected chi connectivity index (χ1v) is 5.88. The molecule has 1 saturated heterocycles. The van der Waals surface area contributed by atoms with Crippen LogP contribution >= 0.6 is 0 Å². The quantitative estimate of drug-likeness (QED) is 0.847. The van der Waals surface area contributed by atoms with E-state index in [0.717, 1.165) is 13.1 Å². The second kappa shape index (κ2) is 5.49. The van der Waals surface area contributed by atoms with Gasteiger partial charge in [-0.3, -0.25) is 0 Å². The molecule has 0 radical (unpaired) electrons. The number of ether oxygens (including phenoxy) is 2. The first-order chi connectivity index (χ1) is 8.30. The van der Waals surface area contributed by atoms with Gasteiger partial charge in [-0.05, 0) is 11.6 Å². The molecule has 0 aromatic heterocycles. The van der Waals surface area contributed by atoms with Gasteiger partial charge in [0, 0.05) is 39.5 Å². The molecule has 94 valence electrons. The van der Waals surface area contributed by atoms with Crippen LogP contribution in [0.4, 0.5) is 5.69 Å². The standard InChI is InChI=1S/C13H20N2O2/c1-16-12-8-15(9-13(12)17-2)11-6-4-3-5-10(11)7-14/h3-6,12-13H,7-9,14H2,1-2H3. The molecule has 1 aromatic rings. The number of hydrogen-bond donors (Lipinski definition) is 1. The zero-order chi connectivity index (χ0) is 12.3. The van der Waals surface area contributed by atoms with Crippen molar-refractivity contribution in [2.45, 2.75) is 18.8 Å². The van der Waals surface area contributed by atoms with E-state index >= 15 is 0 Å². The van der Waals surface area contributed by atoms with Crippen LogP contribution in [0.1, 0.15) is 5.56 Å². The number of para-hydroxylation sites is 1. The van der Waals surface area contributed by atoms with Gasteiger partial charge in [0.15, 0.2) is 0 Å². The zero-order valence-corrected chi connectivity index (χ0v) is 10.4. The van der Waals surface area contributed by atoms with Crippen molar-refractivity contribution in [2.75, 3.05) is 32.2 Å². The lowest BCUT2D eigenvalue weighted by atomic mass is 10.1. The van der Waals surface area contributed by atoms with E-state index in [1.807, 2.05) is 12.1 Å². The summed E-state index contributed by atoms with van der Waals surface area (Å²) in [5.74, 6) is 0. The summed E-state index contributed by atoms with van der Waals surface area (Å²) in [7, 11) is 3.46. The molecule has 1 heterocycles. The van der Waals surface area contributed by atoms with E-state index in [9.17, 15) is 0 Å². The molecule has 4 nitrogen and oxygen atoms in total. The highest BCUT2D eigenvalue weighted by atomic mass is 16.5. The van der Waals surface area contributed by atoms with E-state index in [4.69, 9.17) is 15.2 Å². The van der Waals surface area contributed by atoms with Crippen LogP contribution in [0.2, 0.25) is 0 Å². The maximum absolute atomic E-state index is 5.76. The predicted molar refractivity (Wildman–Crippen MR) is 68.1 cm³/mol. The third-order valence-corrected chi connectivity index (χ3v) is 3.37.